The summed E-state index contributed by atoms with van der Waals surface area (Å²) in [5.74, 6) is 0.363. The molecule has 1 saturated carbocycles. The standard InChI is InChI=1S/C16H20N2O2/c1-16(2)12-9-11(17-14(19)10-5-4-6-10)7-8-13(12)18(3)15(16)20/h7-10H,4-6H2,1-3H3,(H,17,19). The Hall–Kier alpha value is -1.84. The minimum atomic E-state index is -0.526. The number of rotatable bonds is 2. The summed E-state index contributed by atoms with van der Waals surface area (Å²) >= 11 is 0. The molecule has 1 fully saturated rings. The third kappa shape index (κ3) is 1.82. The average molecular weight is 272 g/mol. The number of nitrogens with one attached hydrogen (secondary N) is 1. The van der Waals surface area contributed by atoms with Crippen LogP contribution in [0, 0.1) is 5.92 Å². The molecule has 0 aromatic heterocycles. The molecule has 20 heavy (non-hydrogen) atoms. The Labute approximate surface area is 119 Å². The van der Waals surface area contributed by atoms with Crippen LogP contribution < -0.4 is 10.2 Å². The third-order valence-corrected chi connectivity index (χ3v) is 4.61. The van der Waals surface area contributed by atoms with Crippen molar-refractivity contribution in [3.8, 4) is 0 Å². The molecule has 1 N–H and O–H groups in total. The summed E-state index contributed by atoms with van der Waals surface area (Å²) in [6.45, 7) is 3.85. The fourth-order valence-electron chi connectivity index (χ4n) is 2.97. The first kappa shape index (κ1) is 13.2. The van der Waals surface area contributed by atoms with E-state index >= 15 is 0 Å². The van der Waals surface area contributed by atoms with E-state index in [4.69, 9.17) is 0 Å². The molecule has 0 bridgehead atoms. The van der Waals surface area contributed by atoms with Crippen molar-refractivity contribution in [1.82, 2.24) is 0 Å². The number of benzene rings is 1. The van der Waals surface area contributed by atoms with Crippen molar-refractivity contribution in [3.63, 3.8) is 0 Å². The van der Waals surface area contributed by atoms with E-state index in [1.165, 1.54) is 0 Å². The minimum absolute atomic E-state index is 0.0926. The fraction of sp³-hybridized carbons (Fsp3) is 0.500. The number of carbonyl (C=O) groups is 2. The van der Waals surface area contributed by atoms with E-state index in [0.29, 0.717) is 0 Å². The Balaban J connectivity index is 1.88. The van der Waals surface area contributed by atoms with Gasteiger partial charge in [0, 0.05) is 24.3 Å². The maximum Gasteiger partial charge on any atom is 0.236 e. The number of nitrogens with zero attached hydrogens (tertiary/aromatic N) is 1. The molecular weight excluding hydrogens is 252 g/mol. The predicted molar refractivity (Wildman–Crippen MR) is 78.8 cm³/mol. The van der Waals surface area contributed by atoms with Crippen molar-refractivity contribution >= 4 is 23.2 Å². The van der Waals surface area contributed by atoms with Gasteiger partial charge in [-0.3, -0.25) is 9.59 Å². The van der Waals surface area contributed by atoms with Gasteiger partial charge in [-0.1, -0.05) is 6.42 Å². The van der Waals surface area contributed by atoms with Gasteiger partial charge in [-0.2, -0.15) is 0 Å². The molecule has 0 spiro atoms. The Morgan fingerprint density at radius 1 is 1.35 bits per heavy atom. The minimum Gasteiger partial charge on any atom is -0.326 e. The van der Waals surface area contributed by atoms with Gasteiger partial charge in [-0.25, -0.2) is 0 Å². The first-order valence-electron chi connectivity index (χ1n) is 7.15. The van der Waals surface area contributed by atoms with Gasteiger partial charge in [0.1, 0.15) is 0 Å². The summed E-state index contributed by atoms with van der Waals surface area (Å²) in [5.41, 5.74) is 2.18. The van der Waals surface area contributed by atoms with Gasteiger partial charge in [0.05, 0.1) is 5.41 Å². The molecule has 1 aromatic rings. The molecule has 0 saturated heterocycles. The summed E-state index contributed by atoms with van der Waals surface area (Å²) in [7, 11) is 1.79. The van der Waals surface area contributed by atoms with Crippen molar-refractivity contribution in [3.05, 3.63) is 23.8 Å². The molecule has 3 rings (SSSR count). The summed E-state index contributed by atoms with van der Waals surface area (Å²) in [6.07, 6.45) is 3.13. The molecule has 1 aliphatic heterocycles. The smallest absolute Gasteiger partial charge is 0.236 e. The molecule has 0 atom stereocenters. The van der Waals surface area contributed by atoms with Crippen molar-refractivity contribution in [2.45, 2.75) is 38.5 Å². The van der Waals surface area contributed by atoms with E-state index in [1.54, 1.807) is 11.9 Å². The molecule has 4 nitrogen and oxygen atoms in total. The van der Waals surface area contributed by atoms with Gasteiger partial charge in [-0.05, 0) is 50.5 Å². The Kier molecular flexibility index (Phi) is 2.85. The lowest BCUT2D eigenvalue weighted by Gasteiger charge is -2.24. The lowest BCUT2D eigenvalue weighted by atomic mass is 9.84. The van der Waals surface area contributed by atoms with Crippen LogP contribution in [-0.4, -0.2) is 18.9 Å². The van der Waals surface area contributed by atoms with Crippen LogP contribution in [0.2, 0.25) is 0 Å². The second-order valence-electron chi connectivity index (χ2n) is 6.34. The van der Waals surface area contributed by atoms with Crippen LogP contribution in [-0.2, 0) is 15.0 Å². The van der Waals surface area contributed by atoms with Crippen LogP contribution in [0.1, 0.15) is 38.7 Å². The van der Waals surface area contributed by atoms with Gasteiger partial charge < -0.3 is 10.2 Å². The van der Waals surface area contributed by atoms with E-state index in [9.17, 15) is 9.59 Å². The zero-order valence-corrected chi connectivity index (χ0v) is 12.2. The number of fused-ring (bicyclic) bond motifs is 1. The average Bonchev–Trinajstić information content (AvgIpc) is 2.49. The van der Waals surface area contributed by atoms with Gasteiger partial charge in [0.15, 0.2) is 0 Å². The molecule has 0 unspecified atom stereocenters. The first-order valence-corrected chi connectivity index (χ1v) is 7.15. The summed E-state index contributed by atoms with van der Waals surface area (Å²) in [6, 6.07) is 5.73. The normalized spacial score (nSPS) is 20.6. The first-order chi connectivity index (χ1) is 9.41. The number of amides is 2. The van der Waals surface area contributed by atoms with E-state index in [-0.39, 0.29) is 17.7 Å². The number of carbonyl (C=O) groups excluding carboxylic acids is 2. The molecule has 1 aromatic carbocycles. The highest BCUT2D eigenvalue weighted by molar-refractivity contribution is 6.07. The zero-order valence-electron chi connectivity index (χ0n) is 12.2. The second-order valence-corrected chi connectivity index (χ2v) is 6.34. The second kappa shape index (κ2) is 4.33. The fourth-order valence-corrected chi connectivity index (χ4v) is 2.97. The number of anilines is 2. The van der Waals surface area contributed by atoms with Crippen LogP contribution in [0.15, 0.2) is 18.2 Å². The lowest BCUT2D eigenvalue weighted by molar-refractivity contribution is -0.122. The summed E-state index contributed by atoms with van der Waals surface area (Å²) in [4.78, 5) is 25.9. The topological polar surface area (TPSA) is 49.4 Å². The van der Waals surface area contributed by atoms with Gasteiger partial charge in [-0.15, -0.1) is 0 Å². The van der Waals surface area contributed by atoms with Gasteiger partial charge in [0.25, 0.3) is 0 Å². The number of hydrogen-bond acceptors (Lipinski definition) is 2. The van der Waals surface area contributed by atoms with E-state index in [2.05, 4.69) is 5.32 Å². The molecule has 1 aliphatic carbocycles. The quantitative estimate of drug-likeness (QED) is 0.900. The van der Waals surface area contributed by atoms with Crippen molar-refractivity contribution in [2.24, 2.45) is 5.92 Å². The summed E-state index contributed by atoms with van der Waals surface area (Å²) in [5, 5.41) is 2.97. The maximum atomic E-state index is 12.2. The molecule has 0 radical (unpaired) electrons. The van der Waals surface area contributed by atoms with Crippen LogP contribution in [0.4, 0.5) is 11.4 Å². The molecule has 2 amide bonds. The Morgan fingerprint density at radius 2 is 2.05 bits per heavy atom. The molecule has 106 valence electrons. The predicted octanol–water partition coefficient (Wildman–Crippen LogP) is 2.68. The van der Waals surface area contributed by atoms with Gasteiger partial charge >= 0.3 is 0 Å². The third-order valence-electron chi connectivity index (χ3n) is 4.61. The highest BCUT2D eigenvalue weighted by atomic mass is 16.2. The van der Waals surface area contributed by atoms with E-state index < -0.39 is 5.41 Å². The monoisotopic (exact) mass is 272 g/mol. The number of likely N-dealkylation sites (N-methyl/N-ethyl adjacent to an activating group) is 1. The lowest BCUT2D eigenvalue weighted by Crippen LogP contribution is -2.33. The largest absolute Gasteiger partial charge is 0.326 e. The highest BCUT2D eigenvalue weighted by Crippen LogP contribution is 2.42. The zero-order chi connectivity index (χ0) is 14.5. The van der Waals surface area contributed by atoms with Crippen LogP contribution in [0.25, 0.3) is 0 Å². The highest BCUT2D eigenvalue weighted by Gasteiger charge is 2.42. The van der Waals surface area contributed by atoms with Crippen LogP contribution >= 0.6 is 0 Å². The van der Waals surface area contributed by atoms with Crippen molar-refractivity contribution < 1.29 is 9.59 Å². The molecule has 1 heterocycles. The SMILES string of the molecule is CN1C(=O)C(C)(C)c2cc(NC(=O)C3CCC3)ccc21. The van der Waals surface area contributed by atoms with Gasteiger partial charge in [0.2, 0.25) is 11.8 Å². The van der Waals surface area contributed by atoms with E-state index in [0.717, 1.165) is 36.2 Å². The molecular formula is C16H20N2O2. The number of hydrogen-bond donors (Lipinski definition) is 1. The molecule has 2 aliphatic rings. The van der Waals surface area contributed by atoms with Crippen LogP contribution in [0.5, 0.6) is 0 Å². The molecule has 4 heteroatoms. The Morgan fingerprint density at radius 3 is 2.65 bits per heavy atom. The maximum absolute atomic E-state index is 12.2. The Bertz CT molecular complexity index is 588. The van der Waals surface area contributed by atoms with Crippen molar-refractivity contribution in [1.29, 1.82) is 0 Å². The van der Waals surface area contributed by atoms with Crippen LogP contribution in [0.3, 0.4) is 0 Å². The summed E-state index contributed by atoms with van der Waals surface area (Å²) < 4.78 is 0. The van der Waals surface area contributed by atoms with E-state index in [1.807, 2.05) is 32.0 Å². The van der Waals surface area contributed by atoms with Crippen molar-refractivity contribution in [2.75, 3.05) is 17.3 Å².